The molecular formula is C14H18ClN3O3. The summed E-state index contributed by atoms with van der Waals surface area (Å²) in [6.07, 6.45) is 0. The maximum absolute atomic E-state index is 12.5. The zero-order valence-electron chi connectivity index (χ0n) is 12.1. The summed E-state index contributed by atoms with van der Waals surface area (Å²) < 4.78 is 0. The van der Waals surface area contributed by atoms with Crippen molar-refractivity contribution in [3.05, 3.63) is 38.9 Å². The number of piperazine rings is 1. The van der Waals surface area contributed by atoms with E-state index in [1.165, 1.54) is 18.2 Å². The monoisotopic (exact) mass is 311 g/mol. The Morgan fingerprint density at radius 3 is 2.76 bits per heavy atom. The number of halogens is 1. The van der Waals surface area contributed by atoms with Crippen LogP contribution in [0.3, 0.4) is 0 Å². The van der Waals surface area contributed by atoms with E-state index in [-0.39, 0.29) is 22.7 Å². The predicted molar refractivity (Wildman–Crippen MR) is 80.7 cm³/mol. The SMILES string of the molecule is CCN1CCN(C(=O)c2ccc(Cl)c([N+](=O)[O-])c2)CC1C. The van der Waals surface area contributed by atoms with Gasteiger partial charge in [0.15, 0.2) is 0 Å². The van der Waals surface area contributed by atoms with Crippen LogP contribution < -0.4 is 0 Å². The van der Waals surface area contributed by atoms with Gasteiger partial charge in [0, 0.05) is 37.3 Å². The average molecular weight is 312 g/mol. The molecule has 1 heterocycles. The second kappa shape index (κ2) is 6.41. The topological polar surface area (TPSA) is 66.7 Å². The number of hydrogen-bond acceptors (Lipinski definition) is 4. The molecule has 0 bridgehead atoms. The third-order valence-electron chi connectivity index (χ3n) is 3.85. The van der Waals surface area contributed by atoms with E-state index in [4.69, 9.17) is 11.6 Å². The highest BCUT2D eigenvalue weighted by Gasteiger charge is 2.27. The molecule has 1 unspecified atom stereocenters. The van der Waals surface area contributed by atoms with Crippen LogP contribution in [0.25, 0.3) is 0 Å². The van der Waals surface area contributed by atoms with Gasteiger partial charge >= 0.3 is 0 Å². The molecule has 0 radical (unpaired) electrons. The van der Waals surface area contributed by atoms with E-state index in [2.05, 4.69) is 18.7 Å². The van der Waals surface area contributed by atoms with Gasteiger partial charge in [-0.3, -0.25) is 19.8 Å². The van der Waals surface area contributed by atoms with Gasteiger partial charge in [0.2, 0.25) is 0 Å². The molecule has 0 saturated carbocycles. The predicted octanol–water partition coefficient (Wildman–Crippen LogP) is 2.41. The van der Waals surface area contributed by atoms with E-state index in [1.54, 1.807) is 4.90 Å². The van der Waals surface area contributed by atoms with Crippen molar-refractivity contribution in [1.29, 1.82) is 0 Å². The number of amides is 1. The molecule has 7 heteroatoms. The van der Waals surface area contributed by atoms with Crippen LogP contribution in [0.1, 0.15) is 24.2 Å². The van der Waals surface area contributed by atoms with E-state index in [0.717, 1.165) is 13.1 Å². The zero-order chi connectivity index (χ0) is 15.6. The van der Waals surface area contributed by atoms with Crippen molar-refractivity contribution in [2.45, 2.75) is 19.9 Å². The summed E-state index contributed by atoms with van der Waals surface area (Å²) in [5.41, 5.74) is 0.0750. The molecule has 1 aliphatic heterocycles. The van der Waals surface area contributed by atoms with Gasteiger partial charge < -0.3 is 4.90 Å². The number of likely N-dealkylation sites (N-methyl/N-ethyl adjacent to an activating group) is 1. The number of rotatable bonds is 3. The van der Waals surface area contributed by atoms with Crippen molar-refractivity contribution in [3.8, 4) is 0 Å². The summed E-state index contributed by atoms with van der Waals surface area (Å²) in [6.45, 7) is 7.20. The molecule has 6 nitrogen and oxygen atoms in total. The van der Waals surface area contributed by atoms with E-state index in [9.17, 15) is 14.9 Å². The zero-order valence-corrected chi connectivity index (χ0v) is 12.8. The Labute approximate surface area is 128 Å². The Bertz CT molecular complexity index is 564. The Balaban J connectivity index is 2.17. The minimum atomic E-state index is -0.573. The number of carbonyl (C=O) groups excluding carboxylic acids is 1. The first-order chi connectivity index (χ1) is 9.93. The van der Waals surface area contributed by atoms with Crippen LogP contribution in [-0.2, 0) is 0 Å². The van der Waals surface area contributed by atoms with Gasteiger partial charge in [0.1, 0.15) is 5.02 Å². The molecule has 1 aliphatic rings. The molecule has 0 aliphatic carbocycles. The van der Waals surface area contributed by atoms with Gasteiger partial charge in [-0.15, -0.1) is 0 Å². The summed E-state index contributed by atoms with van der Waals surface area (Å²) in [4.78, 5) is 26.8. The van der Waals surface area contributed by atoms with Gasteiger partial charge in [0.05, 0.1) is 4.92 Å². The van der Waals surface area contributed by atoms with E-state index in [0.29, 0.717) is 18.7 Å². The maximum Gasteiger partial charge on any atom is 0.288 e. The Hall–Kier alpha value is -1.66. The molecule has 1 atom stereocenters. The molecule has 2 rings (SSSR count). The maximum atomic E-state index is 12.5. The molecule has 1 saturated heterocycles. The van der Waals surface area contributed by atoms with Crippen LogP contribution >= 0.6 is 11.6 Å². The fourth-order valence-electron chi connectivity index (χ4n) is 2.62. The summed E-state index contributed by atoms with van der Waals surface area (Å²) in [7, 11) is 0. The lowest BCUT2D eigenvalue weighted by atomic mass is 10.1. The minimum absolute atomic E-state index is 0.0423. The van der Waals surface area contributed by atoms with E-state index < -0.39 is 4.92 Å². The molecule has 21 heavy (non-hydrogen) atoms. The van der Waals surface area contributed by atoms with E-state index >= 15 is 0 Å². The van der Waals surface area contributed by atoms with Crippen molar-refractivity contribution >= 4 is 23.2 Å². The summed E-state index contributed by atoms with van der Waals surface area (Å²) in [6, 6.07) is 4.48. The smallest absolute Gasteiger partial charge is 0.288 e. The van der Waals surface area contributed by atoms with Gasteiger partial charge in [-0.2, -0.15) is 0 Å². The first-order valence-electron chi connectivity index (χ1n) is 6.91. The van der Waals surface area contributed by atoms with Crippen molar-refractivity contribution in [3.63, 3.8) is 0 Å². The minimum Gasteiger partial charge on any atom is -0.336 e. The normalized spacial score (nSPS) is 19.6. The molecule has 1 amide bonds. The van der Waals surface area contributed by atoms with Gasteiger partial charge in [0.25, 0.3) is 11.6 Å². The lowest BCUT2D eigenvalue weighted by Crippen LogP contribution is -2.53. The fourth-order valence-corrected chi connectivity index (χ4v) is 2.80. The van der Waals surface area contributed by atoms with E-state index in [1.807, 2.05) is 0 Å². The third-order valence-corrected chi connectivity index (χ3v) is 4.17. The molecule has 0 spiro atoms. The van der Waals surface area contributed by atoms with Crippen LogP contribution in [0.2, 0.25) is 5.02 Å². The number of carbonyl (C=O) groups is 1. The molecule has 1 aromatic carbocycles. The van der Waals surface area contributed by atoms with Gasteiger partial charge in [-0.05, 0) is 25.6 Å². The quantitative estimate of drug-likeness (QED) is 0.635. The van der Waals surface area contributed by atoms with Gasteiger partial charge in [-0.25, -0.2) is 0 Å². The Morgan fingerprint density at radius 1 is 1.48 bits per heavy atom. The average Bonchev–Trinajstić information content (AvgIpc) is 2.46. The molecule has 1 fully saturated rings. The van der Waals surface area contributed by atoms with Crippen LogP contribution in [-0.4, -0.2) is 52.9 Å². The van der Waals surface area contributed by atoms with Crippen LogP contribution in [0.4, 0.5) is 5.69 Å². The van der Waals surface area contributed by atoms with Gasteiger partial charge in [-0.1, -0.05) is 18.5 Å². The highest BCUT2D eigenvalue weighted by Crippen LogP contribution is 2.26. The summed E-state index contributed by atoms with van der Waals surface area (Å²) in [5, 5.41) is 10.9. The molecule has 0 N–H and O–H groups in total. The van der Waals surface area contributed by atoms with Crippen LogP contribution in [0.5, 0.6) is 0 Å². The summed E-state index contributed by atoms with van der Waals surface area (Å²) >= 11 is 5.77. The van der Waals surface area contributed by atoms with Crippen LogP contribution in [0.15, 0.2) is 18.2 Å². The summed E-state index contributed by atoms with van der Waals surface area (Å²) in [5.74, 6) is -0.183. The fraction of sp³-hybridized carbons (Fsp3) is 0.500. The first-order valence-corrected chi connectivity index (χ1v) is 7.29. The molecule has 114 valence electrons. The van der Waals surface area contributed by atoms with Crippen LogP contribution in [0, 0.1) is 10.1 Å². The number of nitrogens with zero attached hydrogens (tertiary/aromatic N) is 3. The number of benzene rings is 1. The lowest BCUT2D eigenvalue weighted by Gasteiger charge is -2.39. The second-order valence-corrected chi connectivity index (χ2v) is 5.56. The largest absolute Gasteiger partial charge is 0.336 e. The number of nitro benzene ring substituents is 1. The highest BCUT2D eigenvalue weighted by atomic mass is 35.5. The van der Waals surface area contributed by atoms with Crippen molar-refractivity contribution in [1.82, 2.24) is 9.80 Å². The number of hydrogen-bond donors (Lipinski definition) is 0. The molecular weight excluding hydrogens is 294 g/mol. The van der Waals surface area contributed by atoms with Crippen molar-refractivity contribution in [2.24, 2.45) is 0 Å². The molecule has 1 aromatic rings. The second-order valence-electron chi connectivity index (χ2n) is 5.15. The van der Waals surface area contributed by atoms with Crippen molar-refractivity contribution in [2.75, 3.05) is 26.2 Å². The third kappa shape index (κ3) is 3.33. The Kier molecular flexibility index (Phi) is 4.80. The molecule has 0 aromatic heterocycles. The standard InChI is InChI=1S/C14H18ClN3O3/c1-3-16-6-7-17(9-10(16)2)14(19)11-4-5-12(15)13(8-11)18(20)21/h4-5,8,10H,3,6-7,9H2,1-2H3. The lowest BCUT2D eigenvalue weighted by molar-refractivity contribution is -0.384. The first kappa shape index (κ1) is 15.7. The number of nitro groups is 1. The Morgan fingerprint density at radius 2 is 2.19 bits per heavy atom. The highest BCUT2D eigenvalue weighted by molar-refractivity contribution is 6.32. The van der Waals surface area contributed by atoms with Crippen molar-refractivity contribution < 1.29 is 9.72 Å².